The van der Waals surface area contributed by atoms with Gasteiger partial charge < -0.3 is 4.57 Å². The number of hydrogen-bond acceptors (Lipinski definition) is 5. The van der Waals surface area contributed by atoms with E-state index in [1.54, 1.807) is 11.8 Å². The minimum absolute atomic E-state index is 0.718. The average Bonchev–Trinajstić information content (AvgIpc) is 3.32. The normalized spacial score (nSPS) is 13.6. The molecule has 1 aliphatic heterocycles. The molecule has 7 nitrogen and oxygen atoms in total. The molecule has 27 heavy (non-hydrogen) atoms. The second-order valence-corrected chi connectivity index (χ2v) is 7.50. The van der Waals surface area contributed by atoms with Crippen LogP contribution >= 0.6 is 11.8 Å². The van der Waals surface area contributed by atoms with Crippen LogP contribution in [-0.2, 0) is 20.6 Å². The van der Waals surface area contributed by atoms with Crippen molar-refractivity contribution in [3.8, 4) is 0 Å². The summed E-state index contributed by atoms with van der Waals surface area (Å²) in [6.45, 7) is 0.718. The van der Waals surface area contributed by atoms with Crippen molar-refractivity contribution in [2.75, 3.05) is 0 Å². The van der Waals surface area contributed by atoms with Crippen LogP contribution in [-0.4, -0.2) is 34.1 Å². The van der Waals surface area contributed by atoms with E-state index in [1.807, 2.05) is 54.2 Å². The SMILES string of the molecule is Cn1cc(C2=CCn3c(nnc3Sc3ccc4ncn(C)c4c3)C=C2)cn1. The highest BCUT2D eigenvalue weighted by atomic mass is 32.2. The van der Waals surface area contributed by atoms with Crippen LogP contribution in [0.15, 0.2) is 59.1 Å². The van der Waals surface area contributed by atoms with Crippen LogP contribution in [0.4, 0.5) is 0 Å². The van der Waals surface area contributed by atoms with E-state index in [9.17, 15) is 0 Å². The molecule has 1 aliphatic rings. The Labute approximate surface area is 160 Å². The minimum atomic E-state index is 0.718. The summed E-state index contributed by atoms with van der Waals surface area (Å²) in [5, 5.41) is 13.9. The number of aryl methyl sites for hydroxylation is 2. The standard InChI is InChI=1S/C19H17N7S/c1-24-12-20-16-5-4-15(9-17(16)24)27-19-23-22-18-6-3-13(7-8-26(18)19)14-10-21-25(2)11-14/h3-7,9-12H,8H2,1-2H3. The van der Waals surface area contributed by atoms with E-state index < -0.39 is 0 Å². The Hall–Kier alpha value is -3.13. The second kappa shape index (κ2) is 6.24. The van der Waals surface area contributed by atoms with E-state index in [2.05, 4.69) is 49.1 Å². The van der Waals surface area contributed by atoms with Gasteiger partial charge in [0.15, 0.2) is 11.0 Å². The van der Waals surface area contributed by atoms with Crippen LogP contribution < -0.4 is 0 Å². The van der Waals surface area contributed by atoms with Gasteiger partial charge >= 0.3 is 0 Å². The molecule has 0 N–H and O–H groups in total. The zero-order valence-electron chi connectivity index (χ0n) is 14.9. The predicted octanol–water partition coefficient (Wildman–Crippen LogP) is 3.16. The first-order valence-electron chi connectivity index (χ1n) is 8.57. The van der Waals surface area contributed by atoms with Crippen LogP contribution in [0.25, 0.3) is 22.7 Å². The summed E-state index contributed by atoms with van der Waals surface area (Å²) >= 11 is 1.61. The van der Waals surface area contributed by atoms with Crippen molar-refractivity contribution in [3.63, 3.8) is 0 Å². The summed E-state index contributed by atoms with van der Waals surface area (Å²) in [4.78, 5) is 5.49. The molecule has 0 fully saturated rings. The van der Waals surface area contributed by atoms with Gasteiger partial charge in [-0.25, -0.2) is 4.98 Å². The third kappa shape index (κ3) is 2.87. The average molecular weight is 375 g/mol. The maximum Gasteiger partial charge on any atom is 0.196 e. The summed E-state index contributed by atoms with van der Waals surface area (Å²) < 4.78 is 5.96. The second-order valence-electron chi connectivity index (χ2n) is 6.45. The minimum Gasteiger partial charge on any atom is -0.334 e. The van der Waals surface area contributed by atoms with Crippen LogP contribution in [0.2, 0.25) is 0 Å². The Bertz CT molecular complexity index is 1210. The number of aromatic nitrogens is 7. The fourth-order valence-corrected chi connectivity index (χ4v) is 4.03. The monoisotopic (exact) mass is 375 g/mol. The van der Waals surface area contributed by atoms with Gasteiger partial charge in [-0.1, -0.05) is 12.2 Å². The Kier molecular flexibility index (Phi) is 3.71. The molecular weight excluding hydrogens is 358 g/mol. The molecule has 4 aromatic rings. The van der Waals surface area contributed by atoms with E-state index in [4.69, 9.17) is 0 Å². The zero-order valence-corrected chi connectivity index (χ0v) is 15.8. The Morgan fingerprint density at radius 1 is 1.11 bits per heavy atom. The lowest BCUT2D eigenvalue weighted by molar-refractivity contribution is 0.720. The Morgan fingerprint density at radius 3 is 2.89 bits per heavy atom. The van der Waals surface area contributed by atoms with Gasteiger partial charge in [0.1, 0.15) is 0 Å². The van der Waals surface area contributed by atoms with Gasteiger partial charge in [0.25, 0.3) is 0 Å². The maximum absolute atomic E-state index is 4.38. The predicted molar refractivity (Wildman–Crippen MR) is 105 cm³/mol. The number of fused-ring (bicyclic) bond motifs is 2. The molecule has 4 heterocycles. The highest BCUT2D eigenvalue weighted by Crippen LogP contribution is 2.30. The van der Waals surface area contributed by atoms with Crippen molar-refractivity contribution >= 4 is 34.4 Å². The Balaban J connectivity index is 1.45. The largest absolute Gasteiger partial charge is 0.334 e. The molecule has 8 heteroatoms. The number of hydrogen-bond donors (Lipinski definition) is 0. The van der Waals surface area contributed by atoms with Crippen molar-refractivity contribution in [2.24, 2.45) is 14.1 Å². The number of rotatable bonds is 3. The summed E-state index contributed by atoms with van der Waals surface area (Å²) in [6, 6.07) is 6.25. The van der Waals surface area contributed by atoms with Crippen LogP contribution in [0.1, 0.15) is 11.4 Å². The van der Waals surface area contributed by atoms with E-state index in [-0.39, 0.29) is 0 Å². The Morgan fingerprint density at radius 2 is 2.04 bits per heavy atom. The molecule has 0 atom stereocenters. The first kappa shape index (κ1) is 16.1. The third-order valence-corrected chi connectivity index (χ3v) is 5.57. The molecule has 0 bridgehead atoms. The number of imidazole rings is 1. The van der Waals surface area contributed by atoms with Crippen molar-refractivity contribution in [3.05, 3.63) is 60.5 Å². The van der Waals surface area contributed by atoms with Crippen LogP contribution in [0.3, 0.4) is 0 Å². The topological polar surface area (TPSA) is 66.3 Å². The van der Waals surface area contributed by atoms with Crippen molar-refractivity contribution in [1.82, 2.24) is 34.1 Å². The summed E-state index contributed by atoms with van der Waals surface area (Å²) in [5.74, 6) is 0.856. The lowest BCUT2D eigenvalue weighted by atomic mass is 10.1. The van der Waals surface area contributed by atoms with Crippen molar-refractivity contribution < 1.29 is 0 Å². The van der Waals surface area contributed by atoms with Gasteiger partial charge in [0.05, 0.1) is 23.6 Å². The van der Waals surface area contributed by atoms with Gasteiger partial charge in [-0.3, -0.25) is 9.25 Å². The van der Waals surface area contributed by atoms with Gasteiger partial charge in [-0.2, -0.15) is 5.10 Å². The molecule has 0 amide bonds. The van der Waals surface area contributed by atoms with Gasteiger partial charge in [-0.15, -0.1) is 10.2 Å². The van der Waals surface area contributed by atoms with Gasteiger partial charge in [-0.05, 0) is 41.6 Å². The van der Waals surface area contributed by atoms with Gasteiger partial charge in [0, 0.05) is 37.3 Å². The van der Waals surface area contributed by atoms with E-state index in [1.165, 1.54) is 0 Å². The number of nitrogens with zero attached hydrogens (tertiary/aromatic N) is 7. The fourth-order valence-electron chi connectivity index (χ4n) is 3.15. The molecular formula is C19H17N7S. The van der Waals surface area contributed by atoms with Gasteiger partial charge in [0.2, 0.25) is 0 Å². The molecule has 0 radical (unpaired) electrons. The number of allylic oxidation sites excluding steroid dienone is 3. The third-order valence-electron chi connectivity index (χ3n) is 4.60. The molecule has 1 aromatic carbocycles. The first-order chi connectivity index (χ1) is 13.2. The quantitative estimate of drug-likeness (QED) is 0.550. The summed E-state index contributed by atoms with van der Waals surface area (Å²) in [6.07, 6.45) is 12.0. The van der Waals surface area contributed by atoms with Crippen molar-refractivity contribution in [1.29, 1.82) is 0 Å². The molecule has 0 spiro atoms. The van der Waals surface area contributed by atoms with Crippen molar-refractivity contribution in [2.45, 2.75) is 16.6 Å². The molecule has 0 saturated heterocycles. The van der Waals surface area contributed by atoms with Crippen LogP contribution in [0, 0.1) is 0 Å². The molecule has 0 unspecified atom stereocenters. The molecule has 134 valence electrons. The number of benzene rings is 1. The fraction of sp³-hybridized carbons (Fsp3) is 0.158. The summed E-state index contributed by atoms with van der Waals surface area (Å²) in [5.41, 5.74) is 4.34. The molecule has 5 rings (SSSR count). The summed E-state index contributed by atoms with van der Waals surface area (Å²) in [7, 11) is 3.93. The zero-order chi connectivity index (χ0) is 18.4. The van der Waals surface area contributed by atoms with E-state index in [0.717, 1.165) is 44.6 Å². The lowest BCUT2D eigenvalue weighted by Gasteiger charge is -2.05. The first-order valence-corrected chi connectivity index (χ1v) is 9.38. The smallest absolute Gasteiger partial charge is 0.196 e. The maximum atomic E-state index is 4.38. The molecule has 3 aromatic heterocycles. The lowest BCUT2D eigenvalue weighted by Crippen LogP contribution is -1.99. The highest BCUT2D eigenvalue weighted by molar-refractivity contribution is 7.99. The molecule has 0 saturated carbocycles. The highest BCUT2D eigenvalue weighted by Gasteiger charge is 2.14. The van der Waals surface area contributed by atoms with Crippen LogP contribution in [0.5, 0.6) is 0 Å². The van der Waals surface area contributed by atoms with E-state index >= 15 is 0 Å². The van der Waals surface area contributed by atoms with E-state index in [0.29, 0.717) is 0 Å². The molecule has 0 aliphatic carbocycles.